The van der Waals surface area contributed by atoms with Crippen molar-refractivity contribution in [3.05, 3.63) is 63.7 Å². The maximum atomic E-state index is 12.1. The molecule has 1 saturated carbocycles. The van der Waals surface area contributed by atoms with Crippen LogP contribution in [0.5, 0.6) is 5.75 Å². The third-order valence-electron chi connectivity index (χ3n) is 8.71. The lowest BCUT2D eigenvalue weighted by Gasteiger charge is -2.35. The Morgan fingerprint density at radius 3 is 2.55 bits per heavy atom. The molecule has 1 saturated heterocycles. The number of urea groups is 1. The molecule has 2 aromatic carbocycles. The van der Waals surface area contributed by atoms with Crippen molar-refractivity contribution in [1.82, 2.24) is 14.7 Å². The van der Waals surface area contributed by atoms with Gasteiger partial charge in [-0.3, -0.25) is 19.4 Å². The minimum absolute atomic E-state index is 0.114. The fourth-order valence-corrected chi connectivity index (χ4v) is 6.71. The molecule has 0 aromatic heterocycles. The molecule has 5 rings (SSSR count). The molecule has 1 atom stereocenters. The van der Waals surface area contributed by atoms with E-state index >= 15 is 0 Å². The van der Waals surface area contributed by atoms with Gasteiger partial charge in [0.15, 0.2) is 0 Å². The summed E-state index contributed by atoms with van der Waals surface area (Å²) < 4.78 is 5.96. The normalized spacial score (nSPS) is 22.8. The van der Waals surface area contributed by atoms with E-state index in [2.05, 4.69) is 29.2 Å². The summed E-state index contributed by atoms with van der Waals surface area (Å²) in [5.74, 6) is 0.147. The van der Waals surface area contributed by atoms with Gasteiger partial charge in [-0.25, -0.2) is 4.79 Å². The summed E-state index contributed by atoms with van der Waals surface area (Å²) in [4.78, 5) is 40.8. The summed E-state index contributed by atoms with van der Waals surface area (Å²) in [6.45, 7) is 4.33. The van der Waals surface area contributed by atoms with Crippen molar-refractivity contribution < 1.29 is 24.2 Å². The number of hydrogen-bond donors (Lipinski definition) is 1. The molecule has 3 aliphatic rings. The van der Waals surface area contributed by atoms with Crippen molar-refractivity contribution in [1.29, 1.82) is 0 Å². The number of fused-ring (bicyclic) bond motifs is 1. The van der Waals surface area contributed by atoms with E-state index in [1.54, 1.807) is 7.05 Å². The summed E-state index contributed by atoms with van der Waals surface area (Å²) in [7, 11) is 1.62. The zero-order valence-corrected chi connectivity index (χ0v) is 24.0. The second kappa shape index (κ2) is 12.2. The Hall–Kier alpha value is -3.10. The van der Waals surface area contributed by atoms with Gasteiger partial charge in [-0.05, 0) is 91.8 Å². The highest BCUT2D eigenvalue weighted by Crippen LogP contribution is 2.40. The van der Waals surface area contributed by atoms with Crippen LogP contribution in [-0.2, 0) is 22.6 Å². The summed E-state index contributed by atoms with van der Waals surface area (Å²) in [5.41, 5.74) is 4.86. The Morgan fingerprint density at radius 1 is 1.10 bits per heavy atom. The number of carboxylic acid groups (broad SMARTS) is 1. The number of aliphatic carboxylic acids is 1. The molecule has 9 heteroatoms. The Bertz CT molecular complexity index is 1280. The van der Waals surface area contributed by atoms with E-state index < -0.39 is 5.97 Å². The van der Waals surface area contributed by atoms with Gasteiger partial charge >= 0.3 is 12.0 Å². The molecule has 1 heterocycles. The number of carboxylic acids is 1. The van der Waals surface area contributed by atoms with Gasteiger partial charge in [-0.1, -0.05) is 29.8 Å². The SMILES string of the molecule is Cc1cc(CN(CC2CCC(C(=O)O)CC2)C2CCc3cc(Cl)ccc32)ccc1OCCN1C(=O)CN(C)C1=O. The van der Waals surface area contributed by atoms with Crippen LogP contribution < -0.4 is 4.74 Å². The monoisotopic (exact) mass is 567 g/mol. The molecule has 3 amide bonds. The molecule has 40 heavy (non-hydrogen) atoms. The van der Waals surface area contributed by atoms with Crippen LogP contribution >= 0.6 is 11.6 Å². The largest absolute Gasteiger partial charge is 0.491 e. The summed E-state index contributed by atoms with van der Waals surface area (Å²) in [6, 6.07) is 12.5. The Kier molecular flexibility index (Phi) is 8.66. The zero-order chi connectivity index (χ0) is 28.4. The standard InChI is InChI=1S/C31H38ClN3O5/c1-20-15-22(5-12-28(20)40-14-13-35-29(36)19-33(2)31(35)39)18-34(17-21-3-6-23(7-4-21)30(37)38)27-11-8-24-16-25(32)9-10-26(24)27/h5,9-10,12,15-16,21,23,27H,3-4,6-8,11,13-14,17-19H2,1-2H3,(H,37,38). The zero-order valence-electron chi connectivity index (χ0n) is 23.3. The van der Waals surface area contributed by atoms with E-state index in [4.69, 9.17) is 16.3 Å². The first-order chi connectivity index (χ1) is 19.2. The van der Waals surface area contributed by atoms with E-state index in [-0.39, 0.29) is 37.6 Å². The molecule has 8 nitrogen and oxygen atoms in total. The van der Waals surface area contributed by atoms with Crippen LogP contribution in [0.1, 0.15) is 60.4 Å². The van der Waals surface area contributed by atoms with Gasteiger partial charge in [0, 0.05) is 31.2 Å². The molecule has 0 radical (unpaired) electrons. The minimum Gasteiger partial charge on any atom is -0.491 e. The first-order valence-electron chi connectivity index (χ1n) is 14.2. The highest BCUT2D eigenvalue weighted by Gasteiger charge is 2.34. The molecule has 2 aliphatic carbocycles. The predicted octanol–water partition coefficient (Wildman–Crippen LogP) is 5.30. The Morgan fingerprint density at radius 2 is 1.88 bits per heavy atom. The van der Waals surface area contributed by atoms with Crippen LogP contribution in [0.25, 0.3) is 0 Å². The van der Waals surface area contributed by atoms with Crippen LogP contribution in [0, 0.1) is 18.8 Å². The minimum atomic E-state index is -0.666. The van der Waals surface area contributed by atoms with E-state index in [1.807, 2.05) is 19.1 Å². The van der Waals surface area contributed by atoms with Crippen molar-refractivity contribution in [2.45, 2.75) is 58.0 Å². The number of ether oxygens (including phenoxy) is 1. The van der Waals surface area contributed by atoms with Gasteiger partial charge in [-0.2, -0.15) is 0 Å². The van der Waals surface area contributed by atoms with E-state index in [9.17, 15) is 19.5 Å². The lowest BCUT2D eigenvalue weighted by atomic mass is 9.81. The lowest BCUT2D eigenvalue weighted by Crippen LogP contribution is -2.35. The molecule has 1 aliphatic heterocycles. The van der Waals surface area contributed by atoms with E-state index in [0.717, 1.165) is 68.0 Å². The van der Waals surface area contributed by atoms with Crippen LogP contribution in [0.4, 0.5) is 4.79 Å². The molecule has 2 aromatic rings. The number of likely N-dealkylation sites (N-methyl/N-ethyl adjacent to an activating group) is 1. The Balaban J connectivity index is 1.26. The second-order valence-corrected chi connectivity index (χ2v) is 12.0. The first-order valence-corrected chi connectivity index (χ1v) is 14.6. The molecule has 214 valence electrons. The number of hydrogen-bond acceptors (Lipinski definition) is 5. The topological polar surface area (TPSA) is 90.4 Å². The van der Waals surface area contributed by atoms with Crippen LogP contribution in [-0.4, -0.2) is 71.0 Å². The maximum absolute atomic E-state index is 12.1. The second-order valence-electron chi connectivity index (χ2n) is 11.5. The highest BCUT2D eigenvalue weighted by atomic mass is 35.5. The number of nitrogens with zero attached hydrogens (tertiary/aromatic N) is 3. The molecule has 0 bridgehead atoms. The van der Waals surface area contributed by atoms with Gasteiger partial charge in [0.2, 0.25) is 5.91 Å². The number of rotatable bonds is 10. The summed E-state index contributed by atoms with van der Waals surface area (Å²) in [5, 5.41) is 10.2. The van der Waals surface area contributed by atoms with Gasteiger partial charge < -0.3 is 14.7 Å². The van der Waals surface area contributed by atoms with Crippen LogP contribution in [0.3, 0.4) is 0 Å². The predicted molar refractivity (Wildman–Crippen MR) is 152 cm³/mol. The van der Waals surface area contributed by atoms with Crippen LogP contribution in [0.15, 0.2) is 36.4 Å². The number of imide groups is 1. The fraction of sp³-hybridized carbons (Fsp3) is 0.516. The molecule has 0 spiro atoms. The maximum Gasteiger partial charge on any atom is 0.327 e. The summed E-state index contributed by atoms with van der Waals surface area (Å²) in [6.07, 6.45) is 5.44. The van der Waals surface area contributed by atoms with Crippen LogP contribution in [0.2, 0.25) is 5.02 Å². The number of benzene rings is 2. The van der Waals surface area contributed by atoms with Gasteiger partial charge in [0.05, 0.1) is 12.5 Å². The molecule has 2 fully saturated rings. The molecular formula is C31H38ClN3O5. The van der Waals surface area contributed by atoms with Crippen molar-refractivity contribution in [3.8, 4) is 5.75 Å². The first kappa shape index (κ1) is 28.4. The van der Waals surface area contributed by atoms with Crippen molar-refractivity contribution >= 4 is 29.5 Å². The molecule has 1 unspecified atom stereocenters. The summed E-state index contributed by atoms with van der Waals surface area (Å²) >= 11 is 6.29. The molecular weight excluding hydrogens is 530 g/mol. The number of halogens is 1. The van der Waals surface area contributed by atoms with Gasteiger partial charge in [0.25, 0.3) is 0 Å². The average Bonchev–Trinajstić information content (AvgIpc) is 3.44. The number of aryl methyl sites for hydroxylation is 2. The van der Waals surface area contributed by atoms with Crippen molar-refractivity contribution in [2.24, 2.45) is 11.8 Å². The quantitative estimate of drug-likeness (QED) is 0.392. The number of carbonyl (C=O) groups excluding carboxylic acids is 2. The Labute approximate surface area is 240 Å². The number of carbonyl (C=O) groups is 3. The third kappa shape index (κ3) is 6.28. The molecule has 1 N–H and O–H groups in total. The lowest BCUT2D eigenvalue weighted by molar-refractivity contribution is -0.143. The smallest absolute Gasteiger partial charge is 0.327 e. The highest BCUT2D eigenvalue weighted by molar-refractivity contribution is 6.30. The fourth-order valence-electron chi connectivity index (χ4n) is 6.51. The van der Waals surface area contributed by atoms with Crippen molar-refractivity contribution in [3.63, 3.8) is 0 Å². The average molecular weight is 568 g/mol. The van der Waals surface area contributed by atoms with Crippen molar-refractivity contribution in [2.75, 3.05) is 33.3 Å². The third-order valence-corrected chi connectivity index (χ3v) is 8.94. The van der Waals surface area contributed by atoms with Gasteiger partial charge in [0.1, 0.15) is 18.9 Å². The van der Waals surface area contributed by atoms with Gasteiger partial charge in [-0.15, -0.1) is 0 Å². The number of amides is 3. The van der Waals surface area contributed by atoms with E-state index in [1.165, 1.54) is 26.5 Å². The van der Waals surface area contributed by atoms with E-state index in [0.29, 0.717) is 12.0 Å².